The van der Waals surface area contributed by atoms with Crippen LogP contribution < -0.4 is 4.90 Å². The molecule has 10 aromatic rings. The van der Waals surface area contributed by atoms with Crippen molar-refractivity contribution in [3.63, 3.8) is 0 Å². The predicted octanol–water partition coefficient (Wildman–Crippen LogP) is 14.8. The Morgan fingerprint density at radius 2 is 0.847 bits per heavy atom. The average molecular weight is 754 g/mol. The third kappa shape index (κ3) is 4.69. The first-order valence-electron chi connectivity index (χ1n) is 20.5. The molecule has 2 nitrogen and oxygen atoms in total. The smallest absolute Gasteiger partial charge is 0.137 e. The van der Waals surface area contributed by atoms with Crippen LogP contribution >= 0.6 is 0 Å². The van der Waals surface area contributed by atoms with Gasteiger partial charge in [-0.2, -0.15) is 0 Å². The highest BCUT2D eigenvalue weighted by atomic mass is 16.3. The molecule has 0 fully saturated rings. The van der Waals surface area contributed by atoms with E-state index in [1.54, 1.807) is 0 Å². The lowest BCUT2D eigenvalue weighted by molar-refractivity contribution is 0.669. The van der Waals surface area contributed by atoms with Gasteiger partial charge >= 0.3 is 0 Å². The summed E-state index contributed by atoms with van der Waals surface area (Å²) in [5, 5.41) is 2.20. The molecular weight excluding hydrogens is 715 g/mol. The highest BCUT2D eigenvalue weighted by Crippen LogP contribution is 2.58. The Bertz CT molecular complexity index is 3200. The number of furan rings is 1. The molecule has 1 aromatic heterocycles. The van der Waals surface area contributed by atoms with Crippen LogP contribution in [-0.2, 0) is 10.8 Å². The van der Waals surface area contributed by atoms with Crippen LogP contribution in [0.3, 0.4) is 0 Å². The summed E-state index contributed by atoms with van der Waals surface area (Å²) < 4.78 is 6.53. The summed E-state index contributed by atoms with van der Waals surface area (Å²) in [6.45, 7) is 2.38. The number of hydrogen-bond acceptors (Lipinski definition) is 2. The van der Waals surface area contributed by atoms with Crippen molar-refractivity contribution in [1.82, 2.24) is 0 Å². The molecule has 0 saturated heterocycles. The summed E-state index contributed by atoms with van der Waals surface area (Å²) in [7, 11) is 0. The van der Waals surface area contributed by atoms with Gasteiger partial charge in [-0.15, -0.1) is 0 Å². The Balaban J connectivity index is 1.13. The molecule has 2 heteroatoms. The van der Waals surface area contributed by atoms with Gasteiger partial charge in [0.2, 0.25) is 0 Å². The Labute approximate surface area is 344 Å². The summed E-state index contributed by atoms with van der Waals surface area (Å²) in [5.74, 6) is 0. The van der Waals surface area contributed by atoms with Crippen LogP contribution in [0, 0.1) is 0 Å². The molecule has 0 N–H and O–H groups in total. The van der Waals surface area contributed by atoms with Gasteiger partial charge in [0, 0.05) is 22.2 Å². The van der Waals surface area contributed by atoms with E-state index >= 15 is 0 Å². The molecule has 0 bridgehead atoms. The number of anilines is 3. The van der Waals surface area contributed by atoms with Crippen molar-refractivity contribution in [2.45, 2.75) is 17.8 Å². The summed E-state index contributed by atoms with van der Waals surface area (Å²) in [5.41, 5.74) is 18.3. The van der Waals surface area contributed by atoms with Crippen molar-refractivity contribution in [3.8, 4) is 22.3 Å². The Morgan fingerprint density at radius 3 is 1.53 bits per heavy atom. The van der Waals surface area contributed by atoms with Crippen molar-refractivity contribution in [2.24, 2.45) is 0 Å². The molecule has 0 spiro atoms. The molecule has 0 amide bonds. The zero-order valence-corrected chi connectivity index (χ0v) is 32.6. The van der Waals surface area contributed by atoms with Crippen LogP contribution in [-0.4, -0.2) is 0 Å². The van der Waals surface area contributed by atoms with Crippen LogP contribution in [0.4, 0.5) is 17.1 Å². The molecule has 278 valence electrons. The Morgan fingerprint density at radius 1 is 0.373 bits per heavy atom. The lowest BCUT2D eigenvalue weighted by atomic mass is 9.68. The van der Waals surface area contributed by atoms with E-state index in [0.717, 1.165) is 39.0 Å². The zero-order chi connectivity index (χ0) is 39.1. The van der Waals surface area contributed by atoms with Crippen molar-refractivity contribution in [2.75, 3.05) is 4.90 Å². The Hall–Kier alpha value is -7.42. The minimum Gasteiger partial charge on any atom is -0.456 e. The molecule has 2 aliphatic rings. The van der Waals surface area contributed by atoms with Crippen molar-refractivity contribution in [1.29, 1.82) is 0 Å². The maximum atomic E-state index is 6.53. The first kappa shape index (κ1) is 33.7. The molecule has 0 saturated carbocycles. The van der Waals surface area contributed by atoms with E-state index in [4.69, 9.17) is 4.42 Å². The fourth-order valence-corrected chi connectivity index (χ4v) is 10.7. The monoisotopic (exact) mass is 753 g/mol. The summed E-state index contributed by atoms with van der Waals surface area (Å²) in [4.78, 5) is 2.46. The van der Waals surface area contributed by atoms with Gasteiger partial charge in [0.15, 0.2) is 0 Å². The molecule has 0 aliphatic heterocycles. The molecule has 1 heterocycles. The molecule has 1 unspecified atom stereocenters. The fourth-order valence-electron chi connectivity index (χ4n) is 10.7. The van der Waals surface area contributed by atoms with Crippen molar-refractivity contribution in [3.05, 3.63) is 257 Å². The fraction of sp³-hybridized carbons (Fsp3) is 0.0526. The largest absolute Gasteiger partial charge is 0.456 e. The second kappa shape index (κ2) is 12.8. The number of rotatable bonds is 6. The van der Waals surface area contributed by atoms with Gasteiger partial charge in [0.1, 0.15) is 11.2 Å². The van der Waals surface area contributed by atoms with E-state index in [1.807, 2.05) is 6.07 Å². The van der Waals surface area contributed by atoms with Gasteiger partial charge in [0.05, 0.1) is 16.5 Å². The second-order valence-electron chi connectivity index (χ2n) is 16.1. The van der Waals surface area contributed by atoms with E-state index in [0.29, 0.717) is 0 Å². The van der Waals surface area contributed by atoms with Crippen LogP contribution in [0.2, 0.25) is 0 Å². The first-order chi connectivity index (χ1) is 29.2. The third-order valence-corrected chi connectivity index (χ3v) is 13.2. The molecule has 1 atom stereocenters. The lowest BCUT2D eigenvalue weighted by Crippen LogP contribution is -2.28. The van der Waals surface area contributed by atoms with E-state index in [2.05, 4.69) is 224 Å². The third-order valence-electron chi connectivity index (χ3n) is 13.2. The molecule has 0 radical (unpaired) electrons. The maximum Gasteiger partial charge on any atom is 0.137 e. The highest BCUT2D eigenvalue weighted by Gasteiger charge is 2.46. The number of nitrogens with zero attached hydrogens (tertiary/aromatic N) is 1. The van der Waals surface area contributed by atoms with Crippen LogP contribution in [0.5, 0.6) is 0 Å². The summed E-state index contributed by atoms with van der Waals surface area (Å²) in [6, 6.07) is 80.1. The normalized spacial score (nSPS) is 15.7. The summed E-state index contributed by atoms with van der Waals surface area (Å²) >= 11 is 0. The first-order valence-corrected chi connectivity index (χ1v) is 20.5. The minimum absolute atomic E-state index is 0.285. The molecular formula is C57H39NO. The van der Waals surface area contributed by atoms with E-state index in [9.17, 15) is 0 Å². The van der Waals surface area contributed by atoms with Crippen molar-refractivity contribution < 1.29 is 4.42 Å². The topological polar surface area (TPSA) is 16.4 Å². The van der Waals surface area contributed by atoms with Crippen LogP contribution in [0.15, 0.2) is 223 Å². The number of benzene rings is 9. The number of hydrogen-bond donors (Lipinski definition) is 0. The quantitative estimate of drug-likeness (QED) is 0.168. The van der Waals surface area contributed by atoms with E-state index in [1.165, 1.54) is 61.2 Å². The second-order valence-corrected chi connectivity index (χ2v) is 16.1. The molecule has 9 aromatic carbocycles. The SMILES string of the molecule is CC1(c2ccccc2)c2ccccc2-c2cc(N(c3ccc4c(c3)-c3ccccc3C4(c3ccccc3)c3ccccc3)c3cccc4oc5ccccc5c34)ccc21. The van der Waals surface area contributed by atoms with Crippen LogP contribution in [0.1, 0.15) is 45.9 Å². The van der Waals surface area contributed by atoms with Crippen molar-refractivity contribution >= 4 is 39.0 Å². The van der Waals surface area contributed by atoms with E-state index < -0.39 is 5.41 Å². The van der Waals surface area contributed by atoms with Gasteiger partial charge in [-0.1, -0.05) is 176 Å². The van der Waals surface area contributed by atoms with Gasteiger partial charge in [-0.25, -0.2) is 0 Å². The number of para-hydroxylation sites is 1. The average Bonchev–Trinajstić information content (AvgIpc) is 3.92. The van der Waals surface area contributed by atoms with Crippen LogP contribution in [0.25, 0.3) is 44.2 Å². The Kier molecular flexibility index (Phi) is 7.31. The lowest BCUT2D eigenvalue weighted by Gasteiger charge is -2.34. The predicted molar refractivity (Wildman–Crippen MR) is 243 cm³/mol. The highest BCUT2D eigenvalue weighted by molar-refractivity contribution is 6.13. The van der Waals surface area contributed by atoms with Gasteiger partial charge in [-0.3, -0.25) is 0 Å². The van der Waals surface area contributed by atoms with Gasteiger partial charge in [0.25, 0.3) is 0 Å². The molecule has 2 aliphatic carbocycles. The summed E-state index contributed by atoms with van der Waals surface area (Å²) in [6.07, 6.45) is 0. The molecule has 59 heavy (non-hydrogen) atoms. The molecule has 12 rings (SSSR count). The maximum absolute atomic E-state index is 6.53. The standard InChI is InChI=1S/C57H39NO/c1-56(38-18-5-2-6-19-38)48-27-14-11-24-43(48)46-36-41(32-34-49(46)56)58(52-29-17-31-54-55(52)45-26-13-16-30-53(45)59-54)42-33-35-51-47(37-42)44-25-12-15-28-50(44)57(51,39-20-7-3-8-21-39)40-22-9-4-10-23-40/h2-37H,1H3. The minimum atomic E-state index is -0.474. The van der Waals surface area contributed by atoms with E-state index in [-0.39, 0.29) is 5.41 Å². The van der Waals surface area contributed by atoms with Gasteiger partial charge in [-0.05, 0) is 111 Å². The number of fused-ring (bicyclic) bond motifs is 9. The zero-order valence-electron chi connectivity index (χ0n) is 32.6. The van der Waals surface area contributed by atoms with Gasteiger partial charge < -0.3 is 9.32 Å².